The van der Waals surface area contributed by atoms with Gasteiger partial charge in [-0.2, -0.15) is 0 Å². The summed E-state index contributed by atoms with van der Waals surface area (Å²) in [5.74, 6) is 0.324. The average Bonchev–Trinajstić information content (AvgIpc) is 2.78. The highest BCUT2D eigenvalue weighted by molar-refractivity contribution is 7.91. The van der Waals surface area contributed by atoms with E-state index in [1.54, 1.807) is 6.92 Å². The summed E-state index contributed by atoms with van der Waals surface area (Å²) in [6.07, 6.45) is 1.89. The zero-order valence-corrected chi connectivity index (χ0v) is 11.2. The van der Waals surface area contributed by atoms with E-state index >= 15 is 0 Å². The second-order valence-electron chi connectivity index (χ2n) is 4.30. The van der Waals surface area contributed by atoms with Gasteiger partial charge in [-0.3, -0.25) is 0 Å². The van der Waals surface area contributed by atoms with Crippen molar-refractivity contribution in [1.82, 2.24) is 4.57 Å². The van der Waals surface area contributed by atoms with E-state index in [1.165, 1.54) is 0 Å². The maximum atomic E-state index is 11.5. The van der Waals surface area contributed by atoms with Crippen molar-refractivity contribution in [2.24, 2.45) is 0 Å². The van der Waals surface area contributed by atoms with Crippen LogP contribution in [0.3, 0.4) is 0 Å². The lowest BCUT2D eigenvalue weighted by Crippen LogP contribution is -2.14. The van der Waals surface area contributed by atoms with Gasteiger partial charge in [-0.1, -0.05) is 19.1 Å². The van der Waals surface area contributed by atoms with Gasteiger partial charge in [0.1, 0.15) is 0 Å². The Morgan fingerprint density at radius 3 is 2.72 bits per heavy atom. The molecule has 0 aliphatic carbocycles. The first kappa shape index (κ1) is 13.1. The number of nitrogens with zero attached hydrogens (tertiary/aromatic N) is 1. The van der Waals surface area contributed by atoms with Gasteiger partial charge in [0.2, 0.25) is 0 Å². The minimum atomic E-state index is -2.95. The van der Waals surface area contributed by atoms with Crippen molar-refractivity contribution in [3.63, 3.8) is 0 Å². The summed E-state index contributed by atoms with van der Waals surface area (Å²) in [5, 5.41) is 10.2. The largest absolute Gasteiger partial charge is 0.392 e. The predicted molar refractivity (Wildman–Crippen MR) is 72.2 cm³/mol. The lowest BCUT2D eigenvalue weighted by molar-refractivity contribution is 0.282. The molecular formula is C13H17NO3S. The molecular weight excluding hydrogens is 250 g/mol. The quantitative estimate of drug-likeness (QED) is 0.894. The third-order valence-electron chi connectivity index (χ3n) is 3.10. The van der Waals surface area contributed by atoms with Gasteiger partial charge in [0, 0.05) is 24.0 Å². The van der Waals surface area contributed by atoms with E-state index in [2.05, 4.69) is 0 Å². The Hall–Kier alpha value is -1.33. The molecule has 0 saturated heterocycles. The summed E-state index contributed by atoms with van der Waals surface area (Å²) in [4.78, 5) is 0. The lowest BCUT2D eigenvalue weighted by atomic mass is 10.2. The van der Waals surface area contributed by atoms with Crippen molar-refractivity contribution in [3.05, 3.63) is 36.0 Å². The fourth-order valence-corrected chi connectivity index (χ4v) is 2.67. The van der Waals surface area contributed by atoms with Crippen molar-refractivity contribution < 1.29 is 13.5 Å². The number of aliphatic hydroxyl groups is 1. The Balaban J connectivity index is 2.28. The number of hydrogen-bond donors (Lipinski definition) is 1. The van der Waals surface area contributed by atoms with Crippen LogP contribution in [0.15, 0.2) is 30.5 Å². The standard InChI is InChI=1S/C13H17NO3S/c1-2-18(16,17)8-7-14-6-5-12-4-3-11(10-15)9-13(12)14/h3-6,9,15H,2,7-8,10H2,1H3. The van der Waals surface area contributed by atoms with Crippen molar-refractivity contribution in [2.75, 3.05) is 11.5 Å². The van der Waals surface area contributed by atoms with Gasteiger partial charge in [0.15, 0.2) is 9.84 Å². The third kappa shape index (κ3) is 2.73. The first-order valence-corrected chi connectivity index (χ1v) is 7.77. The Bertz CT molecular complexity index is 643. The van der Waals surface area contributed by atoms with E-state index in [0.717, 1.165) is 16.5 Å². The number of benzene rings is 1. The van der Waals surface area contributed by atoms with Gasteiger partial charge in [0.05, 0.1) is 12.4 Å². The van der Waals surface area contributed by atoms with Crippen LogP contribution in [0.25, 0.3) is 10.9 Å². The fraction of sp³-hybridized carbons (Fsp3) is 0.385. The Morgan fingerprint density at radius 2 is 2.06 bits per heavy atom. The summed E-state index contributed by atoms with van der Waals surface area (Å²) in [7, 11) is -2.95. The number of hydrogen-bond acceptors (Lipinski definition) is 3. The Kier molecular flexibility index (Phi) is 3.73. The van der Waals surface area contributed by atoms with Crippen LogP contribution in [0, 0.1) is 0 Å². The van der Waals surface area contributed by atoms with Crippen molar-refractivity contribution >= 4 is 20.7 Å². The van der Waals surface area contributed by atoms with E-state index < -0.39 is 9.84 Å². The van der Waals surface area contributed by atoms with Crippen molar-refractivity contribution in [3.8, 4) is 0 Å². The molecule has 1 aromatic heterocycles. The number of aromatic nitrogens is 1. The zero-order valence-electron chi connectivity index (χ0n) is 10.3. The number of aliphatic hydroxyl groups excluding tert-OH is 1. The molecule has 0 radical (unpaired) electrons. The highest BCUT2D eigenvalue weighted by atomic mass is 32.2. The molecule has 1 aromatic carbocycles. The predicted octanol–water partition coefficient (Wildman–Crippen LogP) is 1.57. The maximum absolute atomic E-state index is 11.5. The molecule has 0 atom stereocenters. The van der Waals surface area contributed by atoms with Crippen LogP contribution in [-0.2, 0) is 23.0 Å². The van der Waals surface area contributed by atoms with Crippen LogP contribution >= 0.6 is 0 Å². The molecule has 18 heavy (non-hydrogen) atoms. The number of aryl methyl sites for hydroxylation is 1. The van der Waals surface area contributed by atoms with Crippen LogP contribution < -0.4 is 0 Å². The molecule has 0 fully saturated rings. The number of sulfone groups is 1. The molecule has 0 bridgehead atoms. The molecule has 0 spiro atoms. The van der Waals surface area contributed by atoms with E-state index in [0.29, 0.717) is 6.54 Å². The SMILES string of the molecule is CCS(=O)(=O)CCn1ccc2ccc(CO)cc21. The molecule has 4 nitrogen and oxygen atoms in total. The minimum absolute atomic E-state index is 0.00558. The fourth-order valence-electron chi connectivity index (χ4n) is 1.90. The Morgan fingerprint density at radius 1 is 1.28 bits per heavy atom. The molecule has 0 aliphatic rings. The molecule has 2 rings (SSSR count). The van der Waals surface area contributed by atoms with E-state index in [1.807, 2.05) is 35.0 Å². The van der Waals surface area contributed by atoms with E-state index in [9.17, 15) is 8.42 Å². The topological polar surface area (TPSA) is 59.3 Å². The minimum Gasteiger partial charge on any atom is -0.392 e. The zero-order chi connectivity index (χ0) is 13.2. The van der Waals surface area contributed by atoms with Crippen molar-refractivity contribution in [2.45, 2.75) is 20.1 Å². The second kappa shape index (κ2) is 5.12. The molecule has 1 N–H and O–H groups in total. The van der Waals surface area contributed by atoms with Crippen LogP contribution in [0.5, 0.6) is 0 Å². The molecule has 0 aliphatic heterocycles. The highest BCUT2D eigenvalue weighted by Crippen LogP contribution is 2.18. The van der Waals surface area contributed by atoms with Gasteiger partial charge in [-0.05, 0) is 23.1 Å². The molecule has 98 valence electrons. The molecule has 1 heterocycles. The average molecular weight is 267 g/mol. The molecule has 2 aromatic rings. The lowest BCUT2D eigenvalue weighted by Gasteiger charge is -2.06. The highest BCUT2D eigenvalue weighted by Gasteiger charge is 2.09. The molecule has 0 saturated carbocycles. The van der Waals surface area contributed by atoms with Crippen molar-refractivity contribution in [1.29, 1.82) is 0 Å². The summed E-state index contributed by atoms with van der Waals surface area (Å²) < 4.78 is 24.9. The van der Waals surface area contributed by atoms with Gasteiger partial charge in [-0.25, -0.2) is 8.42 Å². The smallest absolute Gasteiger partial charge is 0.151 e. The summed E-state index contributed by atoms with van der Waals surface area (Å²) in [5.41, 5.74) is 1.80. The summed E-state index contributed by atoms with van der Waals surface area (Å²) in [6.45, 7) is 2.11. The summed E-state index contributed by atoms with van der Waals surface area (Å²) >= 11 is 0. The van der Waals surface area contributed by atoms with Gasteiger partial charge < -0.3 is 9.67 Å². The van der Waals surface area contributed by atoms with E-state index in [-0.39, 0.29) is 18.1 Å². The first-order chi connectivity index (χ1) is 8.55. The normalized spacial score (nSPS) is 12.1. The van der Waals surface area contributed by atoms with Crippen LogP contribution in [0.4, 0.5) is 0 Å². The second-order valence-corrected chi connectivity index (χ2v) is 6.77. The van der Waals surface area contributed by atoms with Crippen LogP contribution in [0.1, 0.15) is 12.5 Å². The van der Waals surface area contributed by atoms with E-state index in [4.69, 9.17) is 5.11 Å². The molecule has 5 heteroatoms. The monoisotopic (exact) mass is 267 g/mol. The van der Waals surface area contributed by atoms with Gasteiger partial charge in [0.25, 0.3) is 0 Å². The van der Waals surface area contributed by atoms with Crippen LogP contribution in [0.2, 0.25) is 0 Å². The van der Waals surface area contributed by atoms with Gasteiger partial charge in [-0.15, -0.1) is 0 Å². The number of rotatable bonds is 5. The Labute approximate surface area is 107 Å². The first-order valence-electron chi connectivity index (χ1n) is 5.95. The molecule has 0 unspecified atom stereocenters. The summed E-state index contributed by atoms with van der Waals surface area (Å²) in [6, 6.07) is 7.66. The third-order valence-corrected chi connectivity index (χ3v) is 4.79. The van der Waals surface area contributed by atoms with Crippen LogP contribution in [-0.4, -0.2) is 29.6 Å². The maximum Gasteiger partial charge on any atom is 0.151 e. The number of fused-ring (bicyclic) bond motifs is 1. The van der Waals surface area contributed by atoms with Gasteiger partial charge >= 0.3 is 0 Å². The molecule has 0 amide bonds.